The van der Waals surface area contributed by atoms with Crippen molar-refractivity contribution in [1.29, 1.82) is 0 Å². The first kappa shape index (κ1) is 34.8. The third-order valence-corrected chi connectivity index (χ3v) is 12.5. The number of ether oxygens (including phenoxy) is 2. The Labute approximate surface area is 284 Å². The Morgan fingerprint density at radius 1 is 1.08 bits per heavy atom. The zero-order valence-electron chi connectivity index (χ0n) is 28.3. The number of aliphatic hydroxyl groups is 2. The summed E-state index contributed by atoms with van der Waals surface area (Å²) in [5.41, 5.74) is -0.650. The average molecular weight is 679 g/mol. The Morgan fingerprint density at radius 3 is 2.59 bits per heavy atom. The van der Waals surface area contributed by atoms with Crippen molar-refractivity contribution in [2.24, 2.45) is 28.6 Å². The summed E-state index contributed by atoms with van der Waals surface area (Å²) in [5.74, 6) is -2.16. The van der Waals surface area contributed by atoms with E-state index in [2.05, 4.69) is 17.2 Å². The summed E-state index contributed by atoms with van der Waals surface area (Å²) < 4.78 is 10.5. The molecule has 2 aromatic rings. The van der Waals surface area contributed by atoms with Crippen LogP contribution in [0.2, 0.25) is 0 Å². The molecule has 0 unspecified atom stereocenters. The number of allylic oxidation sites excluding steroid dienone is 1. The lowest BCUT2D eigenvalue weighted by atomic mass is 9.45. The summed E-state index contributed by atoms with van der Waals surface area (Å²) in [4.78, 5) is 65.5. The van der Waals surface area contributed by atoms with Gasteiger partial charge in [-0.25, -0.2) is 4.79 Å². The van der Waals surface area contributed by atoms with Crippen LogP contribution in [0.15, 0.2) is 29.8 Å². The van der Waals surface area contributed by atoms with Crippen molar-refractivity contribution in [3.05, 3.63) is 41.1 Å². The topological polar surface area (TPSA) is 192 Å². The molecule has 7 atom stereocenters. The van der Waals surface area contributed by atoms with E-state index < -0.39 is 47.4 Å². The average Bonchev–Trinajstić information content (AvgIpc) is 3.56. The van der Waals surface area contributed by atoms with E-state index >= 15 is 0 Å². The number of Topliss-reactive ketones (excluding diaryl/α,β-unsaturated/α-hetero) is 1. The van der Waals surface area contributed by atoms with Crippen LogP contribution >= 0.6 is 0 Å². The number of amides is 1. The van der Waals surface area contributed by atoms with Gasteiger partial charge in [0.15, 0.2) is 12.4 Å². The van der Waals surface area contributed by atoms with Crippen LogP contribution in [-0.4, -0.2) is 81.7 Å². The number of carbonyl (C=O) groups excluding carboxylic acids is 4. The second-order valence-corrected chi connectivity index (χ2v) is 14.9. The van der Waals surface area contributed by atoms with E-state index in [-0.39, 0.29) is 73.3 Å². The van der Waals surface area contributed by atoms with Gasteiger partial charge in [0.25, 0.3) is 0 Å². The third kappa shape index (κ3) is 5.96. The molecule has 12 heteroatoms. The molecule has 0 bridgehead atoms. The van der Waals surface area contributed by atoms with Gasteiger partial charge < -0.3 is 35.1 Å². The van der Waals surface area contributed by atoms with Crippen molar-refractivity contribution in [3.8, 4) is 5.75 Å². The molecule has 0 saturated heterocycles. The number of aromatic carboxylic acids is 1. The van der Waals surface area contributed by atoms with Crippen molar-refractivity contribution in [1.82, 2.24) is 10.3 Å². The van der Waals surface area contributed by atoms with Crippen molar-refractivity contribution in [2.45, 2.75) is 89.8 Å². The van der Waals surface area contributed by atoms with Gasteiger partial charge >= 0.3 is 11.9 Å². The van der Waals surface area contributed by atoms with Gasteiger partial charge in [0.2, 0.25) is 11.7 Å². The van der Waals surface area contributed by atoms with Gasteiger partial charge in [0.05, 0.1) is 19.6 Å². The van der Waals surface area contributed by atoms with Crippen LogP contribution in [0.5, 0.6) is 5.75 Å². The first-order valence-corrected chi connectivity index (χ1v) is 17.2. The maximum absolute atomic E-state index is 13.5. The molecule has 5 N–H and O–H groups in total. The predicted octanol–water partition coefficient (Wildman–Crippen LogP) is 3.66. The summed E-state index contributed by atoms with van der Waals surface area (Å²) in [6.07, 6.45) is 4.57. The number of carboxylic acids is 1. The molecule has 264 valence electrons. The number of carbonyl (C=O) groups is 5. The number of nitrogens with one attached hydrogen (secondary N) is 2. The molecule has 4 aliphatic rings. The molecule has 0 radical (unpaired) electrons. The van der Waals surface area contributed by atoms with Gasteiger partial charge in [-0.1, -0.05) is 19.4 Å². The van der Waals surface area contributed by atoms with Gasteiger partial charge in [0, 0.05) is 35.7 Å². The number of benzene rings is 1. The quantitative estimate of drug-likeness (QED) is 0.219. The molecule has 1 amide bonds. The summed E-state index contributed by atoms with van der Waals surface area (Å²) in [6, 6.07) is 5.17. The van der Waals surface area contributed by atoms with E-state index in [9.17, 15) is 39.3 Å². The Hall–Kier alpha value is -4.03. The molecular weight excluding hydrogens is 632 g/mol. The first-order valence-electron chi connectivity index (χ1n) is 17.2. The number of rotatable bonds is 11. The Kier molecular flexibility index (Phi) is 9.25. The highest BCUT2D eigenvalue weighted by molar-refractivity contribution is 5.98. The molecule has 4 aliphatic carbocycles. The molecule has 6 rings (SSSR count). The molecule has 49 heavy (non-hydrogen) atoms. The Balaban J connectivity index is 1.01. The number of aromatic amines is 1. The summed E-state index contributed by atoms with van der Waals surface area (Å²) in [6.45, 7) is 3.53. The number of ketones is 2. The second kappa shape index (κ2) is 13.0. The second-order valence-electron chi connectivity index (χ2n) is 14.9. The maximum atomic E-state index is 13.5. The maximum Gasteiger partial charge on any atom is 0.352 e. The van der Waals surface area contributed by atoms with E-state index in [1.54, 1.807) is 24.3 Å². The highest BCUT2D eigenvalue weighted by atomic mass is 16.5. The zero-order valence-corrected chi connectivity index (χ0v) is 28.3. The highest BCUT2D eigenvalue weighted by Gasteiger charge is 2.68. The summed E-state index contributed by atoms with van der Waals surface area (Å²) in [7, 11) is 1.51. The van der Waals surface area contributed by atoms with Crippen LogP contribution in [0.1, 0.15) is 87.7 Å². The highest BCUT2D eigenvalue weighted by Crippen LogP contribution is 2.67. The minimum atomic E-state index is -1.76. The van der Waals surface area contributed by atoms with E-state index in [0.717, 1.165) is 18.4 Å². The Morgan fingerprint density at radius 2 is 1.86 bits per heavy atom. The molecule has 0 spiro atoms. The first-order chi connectivity index (χ1) is 23.2. The van der Waals surface area contributed by atoms with E-state index in [0.29, 0.717) is 41.5 Å². The fourth-order valence-corrected chi connectivity index (χ4v) is 9.91. The van der Waals surface area contributed by atoms with Crippen LogP contribution in [0.25, 0.3) is 10.9 Å². The molecular formula is C37H46N2O10. The number of H-pyrrole nitrogens is 1. The smallest absolute Gasteiger partial charge is 0.352 e. The van der Waals surface area contributed by atoms with Gasteiger partial charge in [-0.05, 0) is 98.0 Å². The fraction of sp³-hybridized carbons (Fsp3) is 0.595. The number of fused-ring (bicyclic) bond motifs is 6. The molecule has 3 fully saturated rings. The predicted molar refractivity (Wildman–Crippen MR) is 177 cm³/mol. The van der Waals surface area contributed by atoms with Gasteiger partial charge in [0.1, 0.15) is 17.0 Å². The van der Waals surface area contributed by atoms with Crippen LogP contribution in [0.3, 0.4) is 0 Å². The lowest BCUT2D eigenvalue weighted by Gasteiger charge is -2.60. The zero-order chi connectivity index (χ0) is 35.3. The monoisotopic (exact) mass is 678 g/mol. The van der Waals surface area contributed by atoms with Crippen molar-refractivity contribution < 1.29 is 48.8 Å². The molecule has 1 aromatic carbocycles. The number of hydrogen-bond acceptors (Lipinski definition) is 9. The number of hydrogen-bond donors (Lipinski definition) is 5. The number of aromatic nitrogens is 1. The van der Waals surface area contributed by atoms with Crippen molar-refractivity contribution >= 4 is 40.3 Å². The molecule has 1 aromatic heterocycles. The van der Waals surface area contributed by atoms with E-state index in [4.69, 9.17) is 9.47 Å². The number of methoxy groups -OCH3 is 1. The van der Waals surface area contributed by atoms with Crippen LogP contribution in [0, 0.1) is 28.6 Å². The van der Waals surface area contributed by atoms with Gasteiger partial charge in [-0.3, -0.25) is 19.2 Å². The minimum absolute atomic E-state index is 0.00288. The largest absolute Gasteiger partial charge is 0.497 e. The minimum Gasteiger partial charge on any atom is -0.497 e. The standard InChI is InChI=1S/C37H46N2O10/c1-35-13-10-21(40)16-20(35)4-6-24-26-11-14-37(47,36(26,2)18-28(41)32(24)35)29(42)19-49-31(44)9-8-30(43)38-15-12-23-25-17-22(48-3)5-7-27(25)39-33(23)34(45)46/h5,7,16-17,24,26,28,32,39,41,47H,4,6,8-15,18-19H2,1-3H3,(H,38,43)(H,45,46)/t24-,26+,28-,32-,35-,36-,37-/m0/s1. The number of carboxylic acid groups (broad SMARTS) is 1. The lowest BCUT2D eigenvalue weighted by Crippen LogP contribution is -2.62. The normalized spacial score (nSPS) is 32.0. The summed E-state index contributed by atoms with van der Waals surface area (Å²) >= 11 is 0. The number of esters is 1. The van der Waals surface area contributed by atoms with Gasteiger partial charge in [-0.2, -0.15) is 0 Å². The number of aliphatic hydroxyl groups excluding tert-OH is 1. The molecule has 0 aliphatic heterocycles. The van der Waals surface area contributed by atoms with Crippen molar-refractivity contribution in [2.75, 3.05) is 20.3 Å². The van der Waals surface area contributed by atoms with E-state index in [1.165, 1.54) is 7.11 Å². The third-order valence-electron chi connectivity index (χ3n) is 12.5. The van der Waals surface area contributed by atoms with Crippen molar-refractivity contribution in [3.63, 3.8) is 0 Å². The van der Waals surface area contributed by atoms with Crippen LogP contribution in [-0.2, 0) is 30.3 Å². The lowest BCUT2D eigenvalue weighted by molar-refractivity contribution is -0.184. The molecule has 12 nitrogen and oxygen atoms in total. The summed E-state index contributed by atoms with van der Waals surface area (Å²) in [5, 5.41) is 36.5. The molecule has 3 saturated carbocycles. The fourth-order valence-electron chi connectivity index (χ4n) is 9.91. The van der Waals surface area contributed by atoms with E-state index in [1.807, 2.05) is 6.92 Å². The van der Waals surface area contributed by atoms with Crippen LogP contribution in [0.4, 0.5) is 0 Å². The Bertz CT molecular complexity index is 1730. The van der Waals surface area contributed by atoms with Crippen LogP contribution < -0.4 is 10.1 Å². The molecule has 1 heterocycles. The van der Waals surface area contributed by atoms with Gasteiger partial charge in [-0.15, -0.1) is 0 Å². The SMILES string of the molecule is COc1ccc2[nH]c(C(=O)O)c(CCNC(=O)CCC(=O)OCC(=O)[C@@]3(O)CC[C@@H]4[C@@H]5CCC6=CC(=O)CC[C@]6(C)[C@@H]5[C@@H](O)C[C@@]43C)c2c1.